The molecular weight excluding hydrogens is 194 g/mol. The minimum atomic E-state index is -0.769. The van der Waals surface area contributed by atoms with E-state index in [0.29, 0.717) is 0 Å². The molecule has 0 fully saturated rings. The highest BCUT2D eigenvalue weighted by Gasteiger charge is 1.98. The van der Waals surface area contributed by atoms with Crippen LogP contribution in [0.1, 0.15) is 0 Å². The van der Waals surface area contributed by atoms with Gasteiger partial charge >= 0.3 is 5.90 Å². The molecule has 0 atom stereocenters. The van der Waals surface area contributed by atoms with E-state index in [0.717, 1.165) is 6.07 Å². The number of rotatable bonds is 3. The Morgan fingerprint density at radius 1 is 1.57 bits per heavy atom. The van der Waals surface area contributed by atoms with Crippen molar-refractivity contribution in [3.8, 4) is 0 Å². The fourth-order valence-electron chi connectivity index (χ4n) is 0.739. The standard InChI is InChI=1S/C8H6F2N2O2/c9-6-2-1-3-7(4-6)11-12-8(5-13)14-10/h1-5,11H/b12-8+. The van der Waals surface area contributed by atoms with Crippen LogP contribution in [-0.4, -0.2) is 12.2 Å². The number of anilines is 1. The lowest BCUT2D eigenvalue weighted by Gasteiger charge is -1.99. The fourth-order valence-corrected chi connectivity index (χ4v) is 0.739. The molecule has 0 aliphatic heterocycles. The van der Waals surface area contributed by atoms with E-state index in [1.54, 1.807) is 0 Å². The van der Waals surface area contributed by atoms with E-state index in [-0.39, 0.29) is 12.0 Å². The average Bonchev–Trinajstić information content (AvgIpc) is 2.19. The minimum absolute atomic E-state index is 0.0757. The lowest BCUT2D eigenvalue weighted by Crippen LogP contribution is -2.03. The summed E-state index contributed by atoms with van der Waals surface area (Å²) < 4.78 is 24.1. The predicted molar refractivity (Wildman–Crippen MR) is 45.7 cm³/mol. The Bertz CT molecular complexity index is 355. The Labute approximate surface area is 78.1 Å². The van der Waals surface area contributed by atoms with Crippen molar-refractivity contribution in [2.24, 2.45) is 5.10 Å². The lowest BCUT2D eigenvalue weighted by atomic mass is 10.3. The Morgan fingerprint density at radius 3 is 2.93 bits per heavy atom. The van der Waals surface area contributed by atoms with E-state index in [1.165, 1.54) is 18.2 Å². The van der Waals surface area contributed by atoms with Crippen molar-refractivity contribution in [1.29, 1.82) is 0 Å². The van der Waals surface area contributed by atoms with E-state index < -0.39 is 11.7 Å². The first-order chi connectivity index (χ1) is 6.76. The van der Waals surface area contributed by atoms with Crippen molar-refractivity contribution < 1.29 is 18.7 Å². The third-order valence-corrected chi connectivity index (χ3v) is 1.30. The van der Waals surface area contributed by atoms with Gasteiger partial charge in [-0.3, -0.25) is 15.2 Å². The number of hydrazone groups is 1. The molecule has 0 saturated carbocycles. The van der Waals surface area contributed by atoms with Crippen molar-refractivity contribution in [1.82, 2.24) is 0 Å². The Hall–Kier alpha value is -1.98. The molecule has 0 unspecified atom stereocenters. The van der Waals surface area contributed by atoms with E-state index in [2.05, 4.69) is 15.5 Å². The number of aldehydes is 1. The third kappa shape index (κ3) is 2.81. The van der Waals surface area contributed by atoms with Crippen LogP contribution in [0.2, 0.25) is 0 Å². The molecule has 0 aliphatic rings. The molecule has 0 amide bonds. The van der Waals surface area contributed by atoms with Crippen LogP contribution in [0, 0.1) is 5.82 Å². The quantitative estimate of drug-likeness (QED) is 0.349. The number of halogens is 2. The molecule has 14 heavy (non-hydrogen) atoms. The van der Waals surface area contributed by atoms with Crippen molar-refractivity contribution in [3.63, 3.8) is 0 Å². The third-order valence-electron chi connectivity index (χ3n) is 1.30. The number of nitrogens with zero attached hydrogens (tertiary/aromatic N) is 1. The average molecular weight is 200 g/mol. The summed E-state index contributed by atoms with van der Waals surface area (Å²) in [5, 5.41) is 3.21. The molecule has 6 heteroatoms. The first kappa shape index (κ1) is 10.1. The number of benzene rings is 1. The molecule has 1 aromatic carbocycles. The van der Waals surface area contributed by atoms with Crippen molar-refractivity contribution in [2.45, 2.75) is 0 Å². The zero-order valence-corrected chi connectivity index (χ0v) is 6.91. The maximum atomic E-state index is 12.6. The molecule has 0 heterocycles. The number of carbonyl (C=O) groups is 1. The SMILES string of the molecule is O=C/C(=N\Nc1cccc(F)c1)OF. The summed E-state index contributed by atoms with van der Waals surface area (Å²) >= 11 is 0. The Balaban J connectivity index is 2.69. The van der Waals surface area contributed by atoms with Crippen LogP contribution in [0.25, 0.3) is 0 Å². The van der Waals surface area contributed by atoms with Gasteiger partial charge in [-0.2, -0.15) is 0 Å². The van der Waals surface area contributed by atoms with Crippen LogP contribution in [-0.2, 0) is 9.74 Å². The van der Waals surface area contributed by atoms with Gasteiger partial charge in [0.05, 0.1) is 5.69 Å². The van der Waals surface area contributed by atoms with Gasteiger partial charge in [0.25, 0.3) is 0 Å². The second kappa shape index (κ2) is 4.90. The molecule has 1 aromatic rings. The highest BCUT2D eigenvalue weighted by atomic mass is 19.3. The molecule has 0 aliphatic carbocycles. The number of hydrogen-bond donors (Lipinski definition) is 1. The van der Waals surface area contributed by atoms with Crippen LogP contribution in [0.4, 0.5) is 14.6 Å². The summed E-state index contributed by atoms with van der Waals surface area (Å²) in [6.45, 7) is 0. The molecular formula is C8H6F2N2O2. The second-order valence-electron chi connectivity index (χ2n) is 2.27. The van der Waals surface area contributed by atoms with Crippen LogP contribution >= 0.6 is 0 Å². The zero-order valence-electron chi connectivity index (χ0n) is 6.91. The van der Waals surface area contributed by atoms with Gasteiger partial charge in [0, 0.05) is 4.53 Å². The highest BCUT2D eigenvalue weighted by molar-refractivity contribution is 6.23. The molecule has 1 N–H and O–H groups in total. The first-order valence-electron chi connectivity index (χ1n) is 3.59. The highest BCUT2D eigenvalue weighted by Crippen LogP contribution is 2.08. The van der Waals surface area contributed by atoms with Gasteiger partial charge in [0.1, 0.15) is 5.82 Å². The van der Waals surface area contributed by atoms with Crippen LogP contribution in [0.3, 0.4) is 0 Å². The first-order valence-corrected chi connectivity index (χ1v) is 3.59. The van der Waals surface area contributed by atoms with Gasteiger partial charge in [-0.15, -0.1) is 5.10 Å². The van der Waals surface area contributed by atoms with Gasteiger partial charge in [-0.1, -0.05) is 6.07 Å². The summed E-state index contributed by atoms with van der Waals surface area (Å²) in [4.78, 5) is 13.1. The Kier molecular flexibility index (Phi) is 3.54. The lowest BCUT2D eigenvalue weighted by molar-refractivity contribution is -0.107. The van der Waals surface area contributed by atoms with Crippen molar-refractivity contribution in [3.05, 3.63) is 30.1 Å². The van der Waals surface area contributed by atoms with Crippen LogP contribution in [0.5, 0.6) is 0 Å². The number of hydrogen-bond acceptors (Lipinski definition) is 4. The predicted octanol–water partition coefficient (Wildman–Crippen LogP) is 1.65. The molecule has 0 bridgehead atoms. The molecule has 0 aromatic heterocycles. The van der Waals surface area contributed by atoms with E-state index in [9.17, 15) is 13.7 Å². The Morgan fingerprint density at radius 2 is 2.36 bits per heavy atom. The number of nitrogens with one attached hydrogen (secondary N) is 1. The van der Waals surface area contributed by atoms with E-state index >= 15 is 0 Å². The van der Waals surface area contributed by atoms with E-state index in [1.807, 2.05) is 0 Å². The van der Waals surface area contributed by atoms with Crippen LogP contribution in [0.15, 0.2) is 29.4 Å². The fraction of sp³-hybridized carbons (Fsp3) is 0. The summed E-state index contributed by atoms with van der Waals surface area (Å²) in [6, 6.07) is 5.29. The smallest absolute Gasteiger partial charge is 0.292 e. The largest absolute Gasteiger partial charge is 0.319 e. The van der Waals surface area contributed by atoms with Crippen molar-refractivity contribution in [2.75, 3.05) is 5.43 Å². The molecule has 74 valence electrons. The van der Waals surface area contributed by atoms with Gasteiger partial charge < -0.3 is 0 Å². The van der Waals surface area contributed by atoms with Gasteiger partial charge in [0.2, 0.25) is 6.29 Å². The molecule has 4 nitrogen and oxygen atoms in total. The summed E-state index contributed by atoms with van der Waals surface area (Å²) in [6.07, 6.45) is 0.0757. The maximum Gasteiger partial charge on any atom is 0.319 e. The molecule has 1 rings (SSSR count). The zero-order chi connectivity index (χ0) is 10.4. The maximum absolute atomic E-state index is 12.6. The summed E-state index contributed by atoms with van der Waals surface area (Å²) in [5.41, 5.74) is 2.52. The monoisotopic (exact) mass is 200 g/mol. The van der Waals surface area contributed by atoms with Gasteiger partial charge in [-0.05, 0) is 18.2 Å². The second-order valence-corrected chi connectivity index (χ2v) is 2.27. The molecule has 0 radical (unpaired) electrons. The molecule has 0 spiro atoms. The topological polar surface area (TPSA) is 50.7 Å². The van der Waals surface area contributed by atoms with Crippen molar-refractivity contribution >= 4 is 17.9 Å². The minimum Gasteiger partial charge on any atom is -0.292 e. The van der Waals surface area contributed by atoms with E-state index in [4.69, 9.17) is 0 Å². The summed E-state index contributed by atoms with van der Waals surface area (Å²) in [5.74, 6) is -1.24. The molecule has 0 saturated heterocycles. The summed E-state index contributed by atoms with van der Waals surface area (Å²) in [7, 11) is 0. The normalized spacial score (nSPS) is 10.9. The number of carbonyl (C=O) groups excluding carboxylic acids is 1. The van der Waals surface area contributed by atoms with Crippen LogP contribution < -0.4 is 5.43 Å². The van der Waals surface area contributed by atoms with Gasteiger partial charge in [0.15, 0.2) is 0 Å². The van der Waals surface area contributed by atoms with Gasteiger partial charge in [-0.25, -0.2) is 4.39 Å².